The largest absolute Gasteiger partial charge is 0.497 e. The van der Waals surface area contributed by atoms with Crippen LogP contribution in [0.4, 0.5) is 4.39 Å². The highest BCUT2D eigenvalue weighted by atomic mass is 32.2. The predicted molar refractivity (Wildman–Crippen MR) is 127 cm³/mol. The molecule has 1 amide bonds. The zero-order chi connectivity index (χ0) is 24.2. The highest BCUT2D eigenvalue weighted by molar-refractivity contribution is 7.89. The monoisotopic (exact) mass is 482 g/mol. The Bertz CT molecular complexity index is 1240. The number of methoxy groups -OCH3 is 1. The summed E-state index contributed by atoms with van der Waals surface area (Å²) in [6.07, 6.45) is 0.639. The van der Waals surface area contributed by atoms with Crippen molar-refractivity contribution in [3.05, 3.63) is 95.8 Å². The van der Waals surface area contributed by atoms with Crippen LogP contribution in [0, 0.1) is 5.82 Å². The second kappa shape index (κ2) is 9.95. The van der Waals surface area contributed by atoms with Gasteiger partial charge in [-0.3, -0.25) is 4.79 Å². The second-order valence-corrected chi connectivity index (χ2v) is 10.3. The minimum Gasteiger partial charge on any atom is -0.497 e. The number of hydrogen-bond acceptors (Lipinski definition) is 4. The van der Waals surface area contributed by atoms with Crippen molar-refractivity contribution in [1.82, 2.24) is 9.62 Å². The molecule has 178 valence electrons. The van der Waals surface area contributed by atoms with Gasteiger partial charge in [-0.1, -0.05) is 48.5 Å². The SMILES string of the molecule is COc1ccc(CNC(=O)C2(c3ccccc3)CCN(S(=O)(=O)c3cccc(F)c3)CC2)cc1. The van der Waals surface area contributed by atoms with Crippen molar-refractivity contribution in [2.75, 3.05) is 20.2 Å². The van der Waals surface area contributed by atoms with Gasteiger partial charge in [-0.25, -0.2) is 12.8 Å². The third kappa shape index (κ3) is 4.83. The lowest BCUT2D eigenvalue weighted by molar-refractivity contribution is -0.128. The molecule has 0 aromatic heterocycles. The highest BCUT2D eigenvalue weighted by Gasteiger charge is 2.45. The summed E-state index contributed by atoms with van der Waals surface area (Å²) in [4.78, 5) is 13.5. The number of sulfonamides is 1. The van der Waals surface area contributed by atoms with Crippen molar-refractivity contribution in [2.45, 2.75) is 29.7 Å². The van der Waals surface area contributed by atoms with E-state index in [4.69, 9.17) is 4.74 Å². The number of ether oxygens (including phenoxy) is 1. The molecule has 0 saturated carbocycles. The molecule has 1 aliphatic heterocycles. The minimum absolute atomic E-state index is 0.0799. The Labute approximate surface area is 199 Å². The summed E-state index contributed by atoms with van der Waals surface area (Å²) in [5.74, 6) is -0.00495. The van der Waals surface area contributed by atoms with Gasteiger partial charge in [0.15, 0.2) is 0 Å². The van der Waals surface area contributed by atoms with E-state index in [0.29, 0.717) is 19.4 Å². The van der Waals surface area contributed by atoms with Crippen molar-refractivity contribution in [1.29, 1.82) is 0 Å². The summed E-state index contributed by atoms with van der Waals surface area (Å²) in [7, 11) is -2.26. The molecule has 34 heavy (non-hydrogen) atoms. The van der Waals surface area contributed by atoms with E-state index < -0.39 is 21.3 Å². The lowest BCUT2D eigenvalue weighted by Crippen LogP contribution is -2.52. The summed E-state index contributed by atoms with van der Waals surface area (Å²) in [6.45, 7) is 0.663. The molecular weight excluding hydrogens is 455 g/mol. The predicted octanol–water partition coefficient (Wildman–Crippen LogP) is 3.87. The molecule has 0 aliphatic carbocycles. The Morgan fingerprint density at radius 1 is 1.00 bits per heavy atom. The van der Waals surface area contributed by atoms with E-state index in [-0.39, 0.29) is 23.9 Å². The maximum Gasteiger partial charge on any atom is 0.243 e. The van der Waals surface area contributed by atoms with E-state index in [9.17, 15) is 17.6 Å². The maximum atomic E-state index is 13.6. The molecule has 4 rings (SSSR count). The summed E-state index contributed by atoms with van der Waals surface area (Å²) in [6, 6.07) is 21.9. The Morgan fingerprint density at radius 3 is 2.29 bits per heavy atom. The lowest BCUT2D eigenvalue weighted by Gasteiger charge is -2.40. The fraction of sp³-hybridized carbons (Fsp3) is 0.269. The van der Waals surface area contributed by atoms with E-state index in [2.05, 4.69) is 5.32 Å². The Balaban J connectivity index is 1.54. The van der Waals surface area contributed by atoms with E-state index in [0.717, 1.165) is 22.9 Å². The number of benzene rings is 3. The van der Waals surface area contributed by atoms with E-state index >= 15 is 0 Å². The molecule has 0 atom stereocenters. The quantitative estimate of drug-likeness (QED) is 0.555. The summed E-state index contributed by atoms with van der Waals surface area (Å²) < 4.78 is 46.3. The average Bonchev–Trinajstić information content (AvgIpc) is 2.88. The van der Waals surface area contributed by atoms with Crippen molar-refractivity contribution in [3.63, 3.8) is 0 Å². The van der Waals surface area contributed by atoms with E-state index in [1.165, 1.54) is 22.5 Å². The molecule has 1 fully saturated rings. The molecule has 1 saturated heterocycles. The first-order valence-electron chi connectivity index (χ1n) is 11.1. The molecule has 0 unspecified atom stereocenters. The summed E-state index contributed by atoms with van der Waals surface area (Å²) in [5, 5.41) is 3.04. The van der Waals surface area contributed by atoms with Crippen LogP contribution in [0.5, 0.6) is 5.75 Å². The highest BCUT2D eigenvalue weighted by Crippen LogP contribution is 2.37. The topological polar surface area (TPSA) is 75.7 Å². The Kier molecular flexibility index (Phi) is 7.00. The van der Waals surface area contributed by atoms with Gasteiger partial charge < -0.3 is 10.1 Å². The molecule has 6 nitrogen and oxygen atoms in total. The van der Waals surface area contributed by atoms with Gasteiger partial charge in [0, 0.05) is 19.6 Å². The third-order valence-corrected chi connectivity index (χ3v) is 8.28. The van der Waals surface area contributed by atoms with Crippen molar-refractivity contribution >= 4 is 15.9 Å². The van der Waals surface area contributed by atoms with Gasteiger partial charge in [0.2, 0.25) is 15.9 Å². The van der Waals surface area contributed by atoms with Gasteiger partial charge in [-0.2, -0.15) is 4.31 Å². The third-order valence-electron chi connectivity index (χ3n) is 6.38. The number of carbonyl (C=O) groups is 1. The molecule has 3 aromatic rings. The molecule has 1 heterocycles. The molecule has 0 bridgehead atoms. The molecule has 1 aliphatic rings. The summed E-state index contributed by atoms with van der Waals surface area (Å²) in [5.41, 5.74) is 0.926. The van der Waals surface area contributed by atoms with E-state index in [1.807, 2.05) is 54.6 Å². The minimum atomic E-state index is -3.85. The Morgan fingerprint density at radius 2 is 1.68 bits per heavy atom. The first-order valence-corrected chi connectivity index (χ1v) is 12.5. The van der Waals surface area contributed by atoms with Crippen LogP contribution in [0.2, 0.25) is 0 Å². The van der Waals surface area contributed by atoms with Gasteiger partial charge in [-0.05, 0) is 54.3 Å². The molecule has 0 radical (unpaired) electrons. The zero-order valence-corrected chi connectivity index (χ0v) is 19.7. The van der Waals surface area contributed by atoms with Crippen molar-refractivity contribution < 1.29 is 22.3 Å². The molecular formula is C26H27FN2O4S. The van der Waals surface area contributed by atoms with Crippen LogP contribution >= 0.6 is 0 Å². The summed E-state index contributed by atoms with van der Waals surface area (Å²) >= 11 is 0. The van der Waals surface area contributed by atoms with Crippen molar-refractivity contribution in [2.24, 2.45) is 0 Å². The van der Waals surface area contributed by atoms with Crippen LogP contribution in [-0.2, 0) is 26.8 Å². The molecule has 3 aromatic carbocycles. The fourth-order valence-corrected chi connectivity index (χ4v) is 5.86. The first-order chi connectivity index (χ1) is 16.3. The van der Waals surface area contributed by atoms with E-state index in [1.54, 1.807) is 7.11 Å². The number of piperidine rings is 1. The van der Waals surface area contributed by atoms with Crippen molar-refractivity contribution in [3.8, 4) is 5.75 Å². The zero-order valence-electron chi connectivity index (χ0n) is 18.9. The van der Waals surface area contributed by atoms with Gasteiger partial charge >= 0.3 is 0 Å². The average molecular weight is 483 g/mol. The molecule has 8 heteroatoms. The normalized spacial score (nSPS) is 16.1. The number of rotatable bonds is 7. The standard InChI is InChI=1S/C26H27FN2O4S/c1-33-23-12-10-20(11-13-23)19-28-25(30)26(21-6-3-2-4-7-21)14-16-29(17-15-26)34(31,32)24-9-5-8-22(27)18-24/h2-13,18H,14-17,19H2,1H3,(H,28,30). The fourth-order valence-electron chi connectivity index (χ4n) is 4.38. The second-order valence-electron chi connectivity index (χ2n) is 8.34. The van der Waals surface area contributed by atoms with Crippen LogP contribution in [0.25, 0.3) is 0 Å². The van der Waals surface area contributed by atoms with Crippen LogP contribution in [0.3, 0.4) is 0 Å². The van der Waals surface area contributed by atoms with Crippen LogP contribution in [-0.4, -0.2) is 38.8 Å². The smallest absolute Gasteiger partial charge is 0.243 e. The molecule has 0 spiro atoms. The maximum absolute atomic E-state index is 13.6. The molecule has 1 N–H and O–H groups in total. The lowest BCUT2D eigenvalue weighted by atomic mass is 9.72. The number of hydrogen-bond donors (Lipinski definition) is 1. The number of amides is 1. The van der Waals surface area contributed by atoms with Crippen LogP contribution < -0.4 is 10.1 Å². The van der Waals surface area contributed by atoms with Crippen LogP contribution in [0.1, 0.15) is 24.0 Å². The number of nitrogens with one attached hydrogen (secondary N) is 1. The number of carbonyl (C=O) groups excluding carboxylic acids is 1. The number of halogens is 1. The van der Waals surface area contributed by atoms with Gasteiger partial charge in [0.25, 0.3) is 0 Å². The first kappa shape index (κ1) is 23.9. The van der Waals surface area contributed by atoms with Gasteiger partial charge in [0.1, 0.15) is 11.6 Å². The van der Waals surface area contributed by atoms with Gasteiger partial charge in [-0.15, -0.1) is 0 Å². The number of nitrogens with zero attached hydrogens (tertiary/aromatic N) is 1. The van der Waals surface area contributed by atoms with Crippen LogP contribution in [0.15, 0.2) is 83.8 Å². The Hall–Kier alpha value is -3.23. The van der Waals surface area contributed by atoms with Gasteiger partial charge in [0.05, 0.1) is 17.4 Å².